The number of amides is 1. The first-order valence-corrected chi connectivity index (χ1v) is 11.5. The molecule has 0 spiro atoms. The van der Waals surface area contributed by atoms with Gasteiger partial charge in [-0.05, 0) is 17.7 Å². The molecular formula is C21H24ClFN2O5S. The Balaban J connectivity index is 2.13. The van der Waals surface area contributed by atoms with Crippen molar-refractivity contribution in [2.45, 2.75) is 31.8 Å². The lowest BCUT2D eigenvalue weighted by molar-refractivity contribution is 0.0763. The molecule has 0 saturated heterocycles. The quantitative estimate of drug-likeness (QED) is 0.588. The van der Waals surface area contributed by atoms with Crippen molar-refractivity contribution < 1.29 is 27.1 Å². The molecule has 7 nitrogen and oxygen atoms in total. The Labute approximate surface area is 186 Å². The zero-order valence-corrected chi connectivity index (χ0v) is 19.3. The molecule has 0 aliphatic carbocycles. The second-order valence-corrected chi connectivity index (χ2v) is 9.28. The lowest BCUT2D eigenvalue weighted by Gasteiger charge is -2.21. The molecule has 0 aromatic heterocycles. The molecule has 1 aliphatic heterocycles. The summed E-state index contributed by atoms with van der Waals surface area (Å²) < 4.78 is 52.2. The Kier molecular flexibility index (Phi) is 6.78. The predicted molar refractivity (Wildman–Crippen MR) is 115 cm³/mol. The van der Waals surface area contributed by atoms with E-state index in [1.165, 1.54) is 47.7 Å². The molecule has 0 radical (unpaired) electrons. The molecular weight excluding hydrogens is 447 g/mol. The van der Waals surface area contributed by atoms with Gasteiger partial charge in [-0.2, -0.15) is 4.31 Å². The molecule has 2 aromatic rings. The van der Waals surface area contributed by atoms with Crippen LogP contribution in [0, 0.1) is 5.82 Å². The van der Waals surface area contributed by atoms with Crippen molar-refractivity contribution in [3.63, 3.8) is 0 Å². The predicted octanol–water partition coefficient (Wildman–Crippen LogP) is 3.68. The average Bonchev–Trinajstić information content (AvgIpc) is 3.06. The van der Waals surface area contributed by atoms with Crippen molar-refractivity contribution in [3.8, 4) is 11.5 Å². The van der Waals surface area contributed by atoms with Crippen molar-refractivity contribution in [2.24, 2.45) is 0 Å². The largest absolute Gasteiger partial charge is 0.493 e. The number of carbonyl (C=O) groups is 1. The third-order valence-corrected chi connectivity index (χ3v) is 7.67. The molecule has 3 rings (SSSR count). The fourth-order valence-electron chi connectivity index (χ4n) is 3.73. The van der Waals surface area contributed by atoms with E-state index in [1.54, 1.807) is 13.8 Å². The molecule has 1 aliphatic rings. The average molecular weight is 471 g/mol. The normalized spacial score (nSPS) is 13.6. The van der Waals surface area contributed by atoms with Gasteiger partial charge in [-0.3, -0.25) is 4.79 Å². The van der Waals surface area contributed by atoms with E-state index >= 15 is 0 Å². The summed E-state index contributed by atoms with van der Waals surface area (Å²) in [4.78, 5) is 14.7. The maximum atomic E-state index is 13.5. The van der Waals surface area contributed by atoms with E-state index in [-0.39, 0.29) is 53.2 Å². The van der Waals surface area contributed by atoms with E-state index in [1.807, 2.05) is 0 Å². The zero-order valence-electron chi connectivity index (χ0n) is 17.7. The van der Waals surface area contributed by atoms with Gasteiger partial charge in [0.05, 0.1) is 29.7 Å². The van der Waals surface area contributed by atoms with Gasteiger partial charge < -0.3 is 14.4 Å². The van der Waals surface area contributed by atoms with Gasteiger partial charge in [0.15, 0.2) is 11.5 Å². The lowest BCUT2D eigenvalue weighted by atomic mass is 10.1. The number of nitrogens with zero attached hydrogens (tertiary/aromatic N) is 2. The number of sulfonamides is 1. The molecule has 0 bridgehead atoms. The van der Waals surface area contributed by atoms with Crippen molar-refractivity contribution >= 4 is 27.5 Å². The highest BCUT2D eigenvalue weighted by atomic mass is 35.5. The number of fused-ring (bicyclic) bond motifs is 1. The highest BCUT2D eigenvalue weighted by Crippen LogP contribution is 2.43. The van der Waals surface area contributed by atoms with Gasteiger partial charge in [0, 0.05) is 37.8 Å². The van der Waals surface area contributed by atoms with Crippen LogP contribution >= 0.6 is 11.6 Å². The second kappa shape index (κ2) is 9.02. The van der Waals surface area contributed by atoms with E-state index in [4.69, 9.17) is 21.1 Å². The molecule has 31 heavy (non-hydrogen) atoms. The Morgan fingerprint density at radius 3 is 2.39 bits per heavy atom. The highest BCUT2D eigenvalue weighted by molar-refractivity contribution is 7.89. The summed E-state index contributed by atoms with van der Waals surface area (Å²) in [7, 11) is -1.09. The fourth-order valence-corrected chi connectivity index (χ4v) is 5.63. The lowest BCUT2D eigenvalue weighted by Crippen LogP contribution is -2.31. The van der Waals surface area contributed by atoms with Crippen molar-refractivity contribution in [1.82, 2.24) is 9.21 Å². The van der Waals surface area contributed by atoms with E-state index in [2.05, 4.69) is 0 Å². The molecule has 1 heterocycles. The molecule has 1 amide bonds. The first kappa shape index (κ1) is 23.3. The Morgan fingerprint density at radius 1 is 1.16 bits per heavy atom. The maximum Gasteiger partial charge on any atom is 0.258 e. The molecule has 0 unspecified atom stereocenters. The molecule has 0 fully saturated rings. The number of rotatable bonds is 8. The molecule has 10 heteroatoms. The number of hydrogen-bond acceptors (Lipinski definition) is 5. The summed E-state index contributed by atoms with van der Waals surface area (Å²) in [6, 6.07) is 5.60. The van der Waals surface area contributed by atoms with Gasteiger partial charge in [0.2, 0.25) is 10.0 Å². The third-order valence-electron chi connectivity index (χ3n) is 5.27. The Hall–Kier alpha value is -2.36. The fraction of sp³-hybridized carbons (Fsp3) is 0.381. The minimum absolute atomic E-state index is 0.0110. The standard InChI is InChI=1S/C21H24ClFN2O5S/c1-5-25(6-2)31(27,28)18-10-17(29-3)20(30-4)19-14(18)12-24(21(19)26)11-13-7-8-16(23)15(22)9-13/h7-10H,5-6,11-12H2,1-4H3. The molecule has 168 valence electrons. The van der Waals surface area contributed by atoms with Crippen LogP contribution in [0.3, 0.4) is 0 Å². The van der Waals surface area contributed by atoms with Crippen LogP contribution in [0.5, 0.6) is 11.5 Å². The van der Waals surface area contributed by atoms with Crippen LogP contribution in [-0.4, -0.2) is 50.8 Å². The van der Waals surface area contributed by atoms with Gasteiger partial charge in [-0.15, -0.1) is 0 Å². The maximum absolute atomic E-state index is 13.5. The van der Waals surface area contributed by atoms with Crippen LogP contribution in [0.25, 0.3) is 0 Å². The van der Waals surface area contributed by atoms with E-state index < -0.39 is 21.7 Å². The van der Waals surface area contributed by atoms with Crippen LogP contribution in [0.4, 0.5) is 4.39 Å². The summed E-state index contributed by atoms with van der Waals surface area (Å²) in [6.45, 7) is 4.25. The van der Waals surface area contributed by atoms with Crippen molar-refractivity contribution in [3.05, 3.63) is 51.8 Å². The first-order chi connectivity index (χ1) is 14.7. The Morgan fingerprint density at radius 2 is 1.84 bits per heavy atom. The SMILES string of the molecule is CCN(CC)S(=O)(=O)c1cc(OC)c(OC)c2c1CN(Cc1ccc(F)c(Cl)c1)C2=O. The van der Waals surface area contributed by atoms with Crippen LogP contribution in [-0.2, 0) is 23.1 Å². The molecule has 0 atom stereocenters. The molecule has 0 N–H and O–H groups in total. The van der Waals surface area contributed by atoms with Gasteiger partial charge in [-0.1, -0.05) is 31.5 Å². The Bertz CT molecular complexity index is 1120. The van der Waals surface area contributed by atoms with Crippen LogP contribution < -0.4 is 9.47 Å². The summed E-state index contributed by atoms with van der Waals surface area (Å²) in [5, 5.41) is -0.0503. The monoisotopic (exact) mass is 470 g/mol. The van der Waals surface area contributed by atoms with Crippen molar-refractivity contribution in [1.29, 1.82) is 0 Å². The van der Waals surface area contributed by atoms with Crippen LogP contribution in [0.15, 0.2) is 29.2 Å². The number of carbonyl (C=O) groups excluding carboxylic acids is 1. The van der Waals surface area contributed by atoms with Gasteiger partial charge in [0.25, 0.3) is 5.91 Å². The van der Waals surface area contributed by atoms with Crippen molar-refractivity contribution in [2.75, 3.05) is 27.3 Å². The summed E-state index contributed by atoms with van der Waals surface area (Å²) >= 11 is 5.86. The zero-order chi connectivity index (χ0) is 22.9. The van der Waals surface area contributed by atoms with E-state index in [9.17, 15) is 17.6 Å². The number of methoxy groups -OCH3 is 2. The van der Waals surface area contributed by atoms with E-state index in [0.29, 0.717) is 11.1 Å². The van der Waals surface area contributed by atoms with Gasteiger partial charge >= 0.3 is 0 Å². The second-order valence-electron chi connectivity index (χ2n) is 6.96. The number of hydrogen-bond donors (Lipinski definition) is 0. The van der Waals surface area contributed by atoms with E-state index in [0.717, 1.165) is 0 Å². The number of benzene rings is 2. The first-order valence-electron chi connectivity index (χ1n) is 9.70. The minimum atomic E-state index is -3.87. The third kappa shape index (κ3) is 4.09. The highest BCUT2D eigenvalue weighted by Gasteiger charge is 2.39. The molecule has 2 aromatic carbocycles. The number of ether oxygens (including phenoxy) is 2. The van der Waals surface area contributed by atoms with Crippen LogP contribution in [0.2, 0.25) is 5.02 Å². The minimum Gasteiger partial charge on any atom is -0.493 e. The summed E-state index contributed by atoms with van der Waals surface area (Å²) in [5.74, 6) is -0.615. The van der Waals surface area contributed by atoms with Crippen LogP contribution in [0.1, 0.15) is 35.3 Å². The summed E-state index contributed by atoms with van der Waals surface area (Å²) in [6.07, 6.45) is 0. The van der Waals surface area contributed by atoms with Gasteiger partial charge in [-0.25, -0.2) is 12.8 Å². The number of halogens is 2. The topological polar surface area (TPSA) is 76.2 Å². The van der Waals surface area contributed by atoms with Gasteiger partial charge in [0.1, 0.15) is 5.82 Å². The summed E-state index contributed by atoms with van der Waals surface area (Å²) in [5.41, 5.74) is 1.12. The smallest absolute Gasteiger partial charge is 0.258 e. The molecule has 0 saturated carbocycles.